The lowest BCUT2D eigenvalue weighted by Gasteiger charge is -2.32. The van der Waals surface area contributed by atoms with Crippen molar-refractivity contribution in [3.05, 3.63) is 35.4 Å². The maximum absolute atomic E-state index is 12.1. The summed E-state index contributed by atoms with van der Waals surface area (Å²) in [6.07, 6.45) is 4.99. The average Bonchev–Trinajstić information content (AvgIpc) is 3.35. The number of amides is 1. The lowest BCUT2D eigenvalue weighted by atomic mass is 10.1. The van der Waals surface area contributed by atoms with Crippen molar-refractivity contribution in [2.45, 2.75) is 50.4 Å². The van der Waals surface area contributed by atoms with E-state index < -0.39 is 0 Å². The number of likely N-dealkylation sites (tertiary alicyclic amines) is 1. The van der Waals surface area contributed by atoms with E-state index in [1.807, 2.05) is 0 Å². The Labute approximate surface area is 137 Å². The molecule has 4 heteroatoms. The van der Waals surface area contributed by atoms with Gasteiger partial charge in [-0.3, -0.25) is 4.79 Å². The van der Waals surface area contributed by atoms with Crippen LogP contribution >= 0.6 is 11.8 Å². The van der Waals surface area contributed by atoms with Crippen LogP contribution in [0.5, 0.6) is 0 Å². The summed E-state index contributed by atoms with van der Waals surface area (Å²) in [6.45, 7) is 4.45. The van der Waals surface area contributed by atoms with E-state index in [4.69, 9.17) is 0 Å². The van der Waals surface area contributed by atoms with Crippen LogP contribution in [0, 0.1) is 6.92 Å². The number of hydrogen-bond acceptors (Lipinski definition) is 3. The third-order valence-electron chi connectivity index (χ3n) is 4.71. The first kappa shape index (κ1) is 15.9. The van der Waals surface area contributed by atoms with Crippen molar-refractivity contribution in [3.63, 3.8) is 0 Å². The fraction of sp³-hybridized carbons (Fsp3) is 0.611. The largest absolute Gasteiger partial charge is 0.353 e. The van der Waals surface area contributed by atoms with Crippen LogP contribution < -0.4 is 5.32 Å². The first-order chi connectivity index (χ1) is 10.7. The minimum absolute atomic E-state index is 0.198. The van der Waals surface area contributed by atoms with Gasteiger partial charge in [-0.1, -0.05) is 24.3 Å². The summed E-state index contributed by atoms with van der Waals surface area (Å²) < 4.78 is 0. The molecule has 1 aromatic carbocycles. The molecule has 22 heavy (non-hydrogen) atoms. The van der Waals surface area contributed by atoms with Crippen molar-refractivity contribution in [2.24, 2.45) is 0 Å². The molecule has 0 unspecified atom stereocenters. The van der Waals surface area contributed by atoms with Gasteiger partial charge in [-0.2, -0.15) is 0 Å². The zero-order valence-electron chi connectivity index (χ0n) is 13.4. The first-order valence-corrected chi connectivity index (χ1v) is 9.53. The molecule has 1 saturated carbocycles. The van der Waals surface area contributed by atoms with Crippen molar-refractivity contribution in [1.29, 1.82) is 0 Å². The first-order valence-electron chi connectivity index (χ1n) is 8.38. The van der Waals surface area contributed by atoms with E-state index in [2.05, 4.69) is 41.4 Å². The predicted molar refractivity (Wildman–Crippen MR) is 93.1 cm³/mol. The predicted octanol–water partition coefficient (Wildman–Crippen LogP) is 2.97. The van der Waals surface area contributed by atoms with Crippen LogP contribution in [0.4, 0.5) is 0 Å². The Morgan fingerprint density at radius 1 is 1.23 bits per heavy atom. The van der Waals surface area contributed by atoms with Gasteiger partial charge >= 0.3 is 0 Å². The quantitative estimate of drug-likeness (QED) is 0.875. The van der Waals surface area contributed by atoms with E-state index in [9.17, 15) is 4.79 Å². The van der Waals surface area contributed by atoms with E-state index in [1.165, 1.54) is 24.0 Å². The van der Waals surface area contributed by atoms with Crippen LogP contribution in [-0.4, -0.2) is 41.7 Å². The van der Waals surface area contributed by atoms with Gasteiger partial charge in [0, 0.05) is 30.9 Å². The molecule has 1 heterocycles. The Balaban J connectivity index is 1.33. The van der Waals surface area contributed by atoms with Crippen LogP contribution in [0.25, 0.3) is 0 Å². The van der Waals surface area contributed by atoms with Crippen LogP contribution in [0.2, 0.25) is 0 Å². The summed E-state index contributed by atoms with van der Waals surface area (Å²) in [7, 11) is 0. The van der Waals surface area contributed by atoms with Crippen molar-refractivity contribution in [2.75, 3.05) is 18.8 Å². The highest BCUT2D eigenvalue weighted by molar-refractivity contribution is 7.99. The second-order valence-electron chi connectivity index (χ2n) is 6.53. The number of carbonyl (C=O) groups is 1. The number of thioether (sulfide) groups is 1. The molecule has 3 nitrogen and oxygen atoms in total. The van der Waals surface area contributed by atoms with Crippen LogP contribution in [0.1, 0.15) is 36.8 Å². The number of rotatable bonds is 6. The van der Waals surface area contributed by atoms with Crippen LogP contribution in [0.3, 0.4) is 0 Å². The van der Waals surface area contributed by atoms with E-state index in [0.717, 1.165) is 37.7 Å². The minimum Gasteiger partial charge on any atom is -0.353 e. The Morgan fingerprint density at radius 3 is 2.64 bits per heavy atom. The fourth-order valence-corrected chi connectivity index (χ4v) is 4.06. The zero-order chi connectivity index (χ0) is 15.4. The molecule has 1 aromatic rings. The van der Waals surface area contributed by atoms with E-state index in [0.29, 0.717) is 11.8 Å². The number of nitrogens with one attached hydrogen (secondary N) is 1. The summed E-state index contributed by atoms with van der Waals surface area (Å²) >= 11 is 1.71. The second kappa shape index (κ2) is 7.51. The number of piperidine rings is 1. The van der Waals surface area contributed by atoms with Crippen LogP contribution in [-0.2, 0) is 10.5 Å². The number of carbonyl (C=O) groups excluding carboxylic acids is 1. The van der Waals surface area contributed by atoms with Crippen LogP contribution in [0.15, 0.2) is 24.3 Å². The highest BCUT2D eigenvalue weighted by atomic mass is 32.2. The third kappa shape index (κ3) is 4.50. The SMILES string of the molecule is Cc1ccccc1CSCC(=O)NC1CCN(C2CC2)CC1. The van der Waals surface area contributed by atoms with Gasteiger partial charge in [0.05, 0.1) is 5.75 Å². The lowest BCUT2D eigenvalue weighted by Crippen LogP contribution is -2.45. The number of hydrogen-bond donors (Lipinski definition) is 1. The molecule has 0 radical (unpaired) electrons. The average molecular weight is 318 g/mol. The van der Waals surface area contributed by atoms with Gasteiger partial charge in [-0.05, 0) is 43.7 Å². The summed E-state index contributed by atoms with van der Waals surface area (Å²) in [4.78, 5) is 14.7. The molecule has 0 spiro atoms. The molecule has 0 atom stereocenters. The molecule has 1 saturated heterocycles. The summed E-state index contributed by atoms with van der Waals surface area (Å²) in [6, 6.07) is 9.65. The number of benzene rings is 1. The Morgan fingerprint density at radius 2 is 1.95 bits per heavy atom. The molecule has 1 aliphatic carbocycles. The molecular weight excluding hydrogens is 292 g/mol. The van der Waals surface area contributed by atoms with Crippen molar-refractivity contribution in [3.8, 4) is 0 Å². The molecule has 0 aromatic heterocycles. The second-order valence-corrected chi connectivity index (χ2v) is 7.51. The standard InChI is InChI=1S/C18H26N2OS/c1-14-4-2-3-5-15(14)12-22-13-18(21)19-16-8-10-20(11-9-16)17-6-7-17/h2-5,16-17H,6-13H2,1H3,(H,19,21). The van der Waals surface area contributed by atoms with Crippen molar-refractivity contribution < 1.29 is 4.79 Å². The van der Waals surface area contributed by atoms with Gasteiger partial charge in [-0.25, -0.2) is 0 Å². The highest BCUT2D eigenvalue weighted by Gasteiger charge is 2.31. The molecule has 2 fully saturated rings. The van der Waals surface area contributed by atoms with Gasteiger partial charge in [0.15, 0.2) is 0 Å². The number of aryl methyl sites for hydroxylation is 1. The molecule has 1 N–H and O–H groups in total. The fourth-order valence-electron chi connectivity index (χ4n) is 3.14. The molecule has 120 valence electrons. The monoisotopic (exact) mass is 318 g/mol. The summed E-state index contributed by atoms with van der Waals surface area (Å²) in [5.41, 5.74) is 2.64. The van der Waals surface area contributed by atoms with Gasteiger partial charge in [0.2, 0.25) is 5.91 Å². The maximum atomic E-state index is 12.1. The molecule has 1 aliphatic heterocycles. The van der Waals surface area contributed by atoms with Crippen molar-refractivity contribution in [1.82, 2.24) is 10.2 Å². The summed E-state index contributed by atoms with van der Waals surface area (Å²) in [5, 5.41) is 3.21. The molecule has 3 rings (SSSR count). The molecule has 1 amide bonds. The van der Waals surface area contributed by atoms with Gasteiger partial charge in [0.25, 0.3) is 0 Å². The summed E-state index contributed by atoms with van der Waals surface area (Å²) in [5.74, 6) is 1.68. The lowest BCUT2D eigenvalue weighted by molar-refractivity contribution is -0.119. The number of nitrogens with zero attached hydrogens (tertiary/aromatic N) is 1. The Kier molecular flexibility index (Phi) is 5.42. The van der Waals surface area contributed by atoms with Gasteiger partial charge < -0.3 is 10.2 Å². The van der Waals surface area contributed by atoms with E-state index in [-0.39, 0.29) is 5.91 Å². The molecular formula is C18H26N2OS. The highest BCUT2D eigenvalue weighted by Crippen LogP contribution is 2.29. The maximum Gasteiger partial charge on any atom is 0.230 e. The van der Waals surface area contributed by atoms with Gasteiger partial charge in [0.1, 0.15) is 0 Å². The van der Waals surface area contributed by atoms with Crippen molar-refractivity contribution >= 4 is 17.7 Å². The normalized spacial score (nSPS) is 20.0. The third-order valence-corrected chi connectivity index (χ3v) is 5.69. The topological polar surface area (TPSA) is 32.3 Å². The Hall–Kier alpha value is -1.00. The molecule has 0 bridgehead atoms. The van der Waals surface area contributed by atoms with E-state index >= 15 is 0 Å². The zero-order valence-corrected chi connectivity index (χ0v) is 14.2. The van der Waals surface area contributed by atoms with E-state index in [1.54, 1.807) is 11.8 Å². The molecule has 2 aliphatic rings. The smallest absolute Gasteiger partial charge is 0.230 e. The Bertz CT molecular complexity index is 508. The van der Waals surface area contributed by atoms with Gasteiger partial charge in [-0.15, -0.1) is 11.8 Å². The minimum atomic E-state index is 0.198.